The molecule has 2 saturated heterocycles. The number of fused-ring (bicyclic) bond motifs is 2. The molecule has 2 N–H and O–H groups in total. The predicted octanol–water partition coefficient (Wildman–Crippen LogP) is 0.554. The van der Waals surface area contributed by atoms with Crippen LogP contribution in [0.15, 0.2) is 11.6 Å². The number of aliphatic hydroxyl groups is 2. The Hall–Kier alpha value is -0.950. The largest absolute Gasteiger partial charge is 0.465 e. The van der Waals surface area contributed by atoms with E-state index in [1.54, 1.807) is 0 Å². The molecule has 2 heterocycles. The van der Waals surface area contributed by atoms with Crippen molar-refractivity contribution in [2.24, 2.45) is 10.8 Å². The number of aliphatic hydroxyl groups excluding tert-OH is 2. The molecule has 3 fully saturated rings. The molecule has 0 amide bonds. The molecule has 2 aliphatic carbocycles. The van der Waals surface area contributed by atoms with Crippen LogP contribution >= 0.6 is 0 Å². The zero-order chi connectivity index (χ0) is 16.6. The smallest absolute Gasteiger partial charge is 0.302 e. The minimum atomic E-state index is -0.990. The molecular formula is C17H24O6. The Bertz CT molecular complexity index is 582. The summed E-state index contributed by atoms with van der Waals surface area (Å²) < 4.78 is 17.4. The molecule has 23 heavy (non-hydrogen) atoms. The highest BCUT2D eigenvalue weighted by atomic mass is 16.6. The number of hydrogen-bond donors (Lipinski definition) is 2. The Kier molecular flexibility index (Phi) is 3.09. The maximum atomic E-state index is 11.4. The van der Waals surface area contributed by atoms with Gasteiger partial charge in [0.15, 0.2) is 0 Å². The van der Waals surface area contributed by atoms with Crippen LogP contribution in [0.2, 0.25) is 0 Å². The molecule has 6 heteroatoms. The van der Waals surface area contributed by atoms with Crippen LogP contribution in [0.4, 0.5) is 0 Å². The fourth-order valence-corrected chi connectivity index (χ4v) is 5.26. The molecule has 6 nitrogen and oxygen atoms in total. The van der Waals surface area contributed by atoms with Gasteiger partial charge in [-0.1, -0.05) is 18.6 Å². The Labute approximate surface area is 135 Å². The van der Waals surface area contributed by atoms with Crippen LogP contribution in [0.3, 0.4) is 0 Å². The fourth-order valence-electron chi connectivity index (χ4n) is 5.26. The lowest BCUT2D eigenvalue weighted by molar-refractivity contribution is -0.230. The van der Waals surface area contributed by atoms with Gasteiger partial charge in [0.05, 0.1) is 18.8 Å². The van der Waals surface area contributed by atoms with Crippen LogP contribution in [-0.4, -0.2) is 59.4 Å². The molecule has 0 aromatic carbocycles. The van der Waals surface area contributed by atoms with Crippen molar-refractivity contribution in [3.8, 4) is 0 Å². The van der Waals surface area contributed by atoms with Gasteiger partial charge in [-0.3, -0.25) is 4.79 Å². The van der Waals surface area contributed by atoms with Crippen LogP contribution in [-0.2, 0) is 19.0 Å². The first-order valence-corrected chi connectivity index (χ1v) is 8.25. The fraction of sp³-hybridized carbons (Fsp3) is 0.824. The van der Waals surface area contributed by atoms with Crippen LogP contribution in [0, 0.1) is 10.8 Å². The molecule has 128 valence electrons. The van der Waals surface area contributed by atoms with Crippen LogP contribution in [0.1, 0.15) is 33.6 Å². The minimum Gasteiger partial charge on any atom is -0.465 e. The molecule has 2 aliphatic heterocycles. The summed E-state index contributed by atoms with van der Waals surface area (Å²) in [4.78, 5) is 11.4. The molecule has 0 radical (unpaired) electrons. The van der Waals surface area contributed by atoms with Gasteiger partial charge >= 0.3 is 5.97 Å². The van der Waals surface area contributed by atoms with Gasteiger partial charge in [0.1, 0.15) is 24.4 Å². The molecule has 0 unspecified atom stereocenters. The SMILES string of the molecule is CC(=O)OC[C@@]12CCC(C)=C[C@@H]1O[C@@H]1[C@H](O)[C@@H](O)[C@@]2(C)[C@]12CO2. The Morgan fingerprint density at radius 3 is 2.78 bits per heavy atom. The average molecular weight is 324 g/mol. The number of rotatable bonds is 2. The first-order valence-electron chi connectivity index (χ1n) is 8.25. The minimum absolute atomic E-state index is 0.162. The average Bonchev–Trinajstić information content (AvgIpc) is 3.28. The summed E-state index contributed by atoms with van der Waals surface area (Å²) in [6.07, 6.45) is 0.829. The van der Waals surface area contributed by atoms with E-state index in [-0.39, 0.29) is 18.7 Å². The second-order valence-electron chi connectivity index (χ2n) is 7.74. The van der Waals surface area contributed by atoms with Crippen molar-refractivity contribution in [1.29, 1.82) is 0 Å². The number of carbonyl (C=O) groups is 1. The predicted molar refractivity (Wildman–Crippen MR) is 79.5 cm³/mol. The van der Waals surface area contributed by atoms with E-state index in [0.29, 0.717) is 6.61 Å². The second-order valence-corrected chi connectivity index (χ2v) is 7.74. The summed E-state index contributed by atoms with van der Waals surface area (Å²) in [5.74, 6) is -0.353. The van der Waals surface area contributed by atoms with E-state index < -0.39 is 34.7 Å². The number of hydrogen-bond acceptors (Lipinski definition) is 6. The number of allylic oxidation sites excluding steroid dienone is 1. The van der Waals surface area contributed by atoms with Crippen molar-refractivity contribution >= 4 is 5.97 Å². The first-order chi connectivity index (χ1) is 10.8. The zero-order valence-electron chi connectivity index (χ0n) is 13.7. The summed E-state index contributed by atoms with van der Waals surface area (Å²) >= 11 is 0. The van der Waals surface area contributed by atoms with E-state index in [2.05, 4.69) is 6.08 Å². The monoisotopic (exact) mass is 324 g/mol. The highest BCUT2D eigenvalue weighted by Gasteiger charge is 2.84. The van der Waals surface area contributed by atoms with Gasteiger partial charge in [0.25, 0.3) is 0 Å². The maximum absolute atomic E-state index is 11.4. The van der Waals surface area contributed by atoms with Gasteiger partial charge in [-0.15, -0.1) is 0 Å². The van der Waals surface area contributed by atoms with E-state index in [0.717, 1.165) is 12.8 Å². The van der Waals surface area contributed by atoms with Gasteiger partial charge in [-0.2, -0.15) is 0 Å². The normalized spacial score (nSPS) is 53.7. The van der Waals surface area contributed by atoms with Crippen LogP contribution in [0.25, 0.3) is 0 Å². The maximum Gasteiger partial charge on any atom is 0.302 e. The van der Waals surface area contributed by atoms with Gasteiger partial charge in [-0.05, 0) is 19.8 Å². The van der Waals surface area contributed by atoms with Gasteiger partial charge < -0.3 is 24.4 Å². The van der Waals surface area contributed by atoms with E-state index in [1.165, 1.54) is 12.5 Å². The van der Waals surface area contributed by atoms with Crippen molar-refractivity contribution in [3.05, 3.63) is 11.6 Å². The van der Waals surface area contributed by atoms with Crippen LogP contribution < -0.4 is 0 Å². The number of esters is 1. The molecule has 1 spiro atoms. The number of epoxide rings is 1. The van der Waals surface area contributed by atoms with Crippen molar-refractivity contribution in [2.75, 3.05) is 13.2 Å². The summed E-state index contributed by atoms with van der Waals surface area (Å²) in [5, 5.41) is 21.4. The Morgan fingerprint density at radius 2 is 2.17 bits per heavy atom. The Balaban J connectivity index is 1.85. The first kappa shape index (κ1) is 15.6. The standard InChI is InChI=1S/C17H24O6/c1-9-4-5-16(7-21-10(2)18)11(6-9)23-14-12(19)13(20)15(16,3)17(14)8-22-17/h6,11-14,19-20H,4-5,7-8H2,1-3H3/t11-,12+,13+,14+,15+,16-,17-/m0/s1. The highest BCUT2D eigenvalue weighted by molar-refractivity contribution is 5.66. The molecule has 4 rings (SSSR count). The molecular weight excluding hydrogens is 300 g/mol. The lowest BCUT2D eigenvalue weighted by Gasteiger charge is -2.57. The number of carbonyl (C=O) groups excluding carboxylic acids is 1. The molecule has 0 aromatic heterocycles. The topological polar surface area (TPSA) is 88.5 Å². The van der Waals surface area contributed by atoms with Crippen molar-refractivity contribution in [2.45, 2.75) is 63.6 Å². The van der Waals surface area contributed by atoms with E-state index in [9.17, 15) is 15.0 Å². The van der Waals surface area contributed by atoms with Crippen molar-refractivity contribution in [1.82, 2.24) is 0 Å². The summed E-state index contributed by atoms with van der Waals surface area (Å²) in [5.41, 5.74) is -0.781. The second kappa shape index (κ2) is 4.57. The van der Waals surface area contributed by atoms with Crippen LogP contribution in [0.5, 0.6) is 0 Å². The lowest BCUT2D eigenvalue weighted by atomic mass is 9.51. The zero-order valence-corrected chi connectivity index (χ0v) is 13.7. The molecule has 1 saturated carbocycles. The number of ether oxygens (including phenoxy) is 3. The van der Waals surface area contributed by atoms with Gasteiger partial charge in [0.2, 0.25) is 0 Å². The van der Waals surface area contributed by atoms with E-state index in [4.69, 9.17) is 14.2 Å². The van der Waals surface area contributed by atoms with Crippen molar-refractivity contribution in [3.63, 3.8) is 0 Å². The molecule has 7 atom stereocenters. The summed E-state index contributed by atoms with van der Waals surface area (Å²) in [6.45, 7) is 6.01. The summed E-state index contributed by atoms with van der Waals surface area (Å²) in [6, 6.07) is 0. The van der Waals surface area contributed by atoms with Gasteiger partial charge in [0, 0.05) is 17.8 Å². The third kappa shape index (κ3) is 1.65. The quantitative estimate of drug-likeness (QED) is 0.438. The highest BCUT2D eigenvalue weighted by Crippen LogP contribution is 2.71. The van der Waals surface area contributed by atoms with E-state index >= 15 is 0 Å². The molecule has 4 aliphatic rings. The third-order valence-electron chi connectivity index (χ3n) is 6.83. The molecule has 0 aromatic rings. The van der Waals surface area contributed by atoms with Gasteiger partial charge in [-0.25, -0.2) is 0 Å². The summed E-state index contributed by atoms with van der Waals surface area (Å²) in [7, 11) is 0. The van der Waals surface area contributed by atoms with Crippen molar-refractivity contribution < 1.29 is 29.2 Å². The molecule has 2 bridgehead atoms. The Morgan fingerprint density at radius 1 is 1.48 bits per heavy atom. The van der Waals surface area contributed by atoms with E-state index in [1.807, 2.05) is 13.8 Å². The third-order valence-corrected chi connectivity index (χ3v) is 6.83. The lowest BCUT2D eigenvalue weighted by Crippen LogP contribution is -2.66.